The summed E-state index contributed by atoms with van der Waals surface area (Å²) < 4.78 is 18.2. The number of alkyl halides is 1. The van der Waals surface area contributed by atoms with Gasteiger partial charge in [-0.25, -0.2) is 4.39 Å². The lowest BCUT2D eigenvalue weighted by Crippen LogP contribution is -2.32. The maximum atomic E-state index is 12.3. The van der Waals surface area contributed by atoms with Crippen molar-refractivity contribution in [1.29, 1.82) is 0 Å². The van der Waals surface area contributed by atoms with E-state index in [2.05, 4.69) is 13.8 Å². The van der Waals surface area contributed by atoms with Crippen LogP contribution in [-0.2, 0) is 6.42 Å². The molecule has 0 saturated heterocycles. The molecule has 0 radical (unpaired) electrons. The number of ether oxygens (including phenoxy) is 1. The number of aryl methyl sites for hydroxylation is 1. The maximum Gasteiger partial charge on any atom is 0.123 e. The van der Waals surface area contributed by atoms with E-state index in [4.69, 9.17) is 4.74 Å². The molecule has 1 aliphatic rings. The van der Waals surface area contributed by atoms with Crippen molar-refractivity contribution in [3.05, 3.63) is 29.3 Å². The van der Waals surface area contributed by atoms with Gasteiger partial charge in [0, 0.05) is 0 Å². The Morgan fingerprint density at radius 2 is 2.25 bits per heavy atom. The molecule has 1 aromatic rings. The SMILES string of the molecule is CC1(C)CCc2cc(C(O)CF)ccc2O1. The average Bonchev–Trinajstić information content (AvgIpc) is 2.26. The van der Waals surface area contributed by atoms with Crippen LogP contribution in [0.25, 0.3) is 0 Å². The average molecular weight is 224 g/mol. The van der Waals surface area contributed by atoms with Crippen LogP contribution in [0.4, 0.5) is 4.39 Å². The van der Waals surface area contributed by atoms with Crippen molar-refractivity contribution in [3.63, 3.8) is 0 Å². The van der Waals surface area contributed by atoms with Gasteiger partial charge in [0.1, 0.15) is 24.1 Å². The molecule has 0 aliphatic carbocycles. The Labute approximate surface area is 95.1 Å². The van der Waals surface area contributed by atoms with Crippen molar-refractivity contribution in [2.24, 2.45) is 0 Å². The number of fused-ring (bicyclic) bond motifs is 1. The van der Waals surface area contributed by atoms with E-state index in [-0.39, 0.29) is 5.60 Å². The molecular weight excluding hydrogens is 207 g/mol. The van der Waals surface area contributed by atoms with Gasteiger partial charge in [-0.05, 0) is 49.9 Å². The Morgan fingerprint density at radius 3 is 2.94 bits per heavy atom. The Bertz CT molecular complexity index is 388. The monoisotopic (exact) mass is 224 g/mol. The summed E-state index contributed by atoms with van der Waals surface area (Å²) in [4.78, 5) is 0. The Morgan fingerprint density at radius 1 is 1.50 bits per heavy atom. The zero-order valence-corrected chi connectivity index (χ0v) is 9.66. The zero-order chi connectivity index (χ0) is 11.8. The highest BCUT2D eigenvalue weighted by atomic mass is 19.1. The number of aliphatic hydroxyl groups excluding tert-OH is 1. The van der Waals surface area contributed by atoms with E-state index in [1.165, 1.54) is 0 Å². The van der Waals surface area contributed by atoms with Crippen molar-refractivity contribution in [1.82, 2.24) is 0 Å². The van der Waals surface area contributed by atoms with Gasteiger partial charge in [-0.1, -0.05) is 6.07 Å². The molecule has 1 aliphatic heterocycles. The van der Waals surface area contributed by atoms with E-state index in [9.17, 15) is 9.50 Å². The van der Waals surface area contributed by atoms with Gasteiger partial charge < -0.3 is 9.84 Å². The molecule has 1 heterocycles. The molecule has 88 valence electrons. The minimum absolute atomic E-state index is 0.132. The molecule has 0 amide bonds. The molecule has 0 spiro atoms. The molecular formula is C13H17FO2. The second kappa shape index (κ2) is 4.06. The Kier molecular flexibility index (Phi) is 2.89. The second-order valence-corrected chi connectivity index (χ2v) is 4.90. The largest absolute Gasteiger partial charge is 0.488 e. The third-order valence-electron chi connectivity index (χ3n) is 3.00. The van der Waals surface area contributed by atoms with E-state index in [0.717, 1.165) is 24.2 Å². The predicted molar refractivity (Wildman–Crippen MR) is 60.4 cm³/mol. The smallest absolute Gasteiger partial charge is 0.123 e. The van der Waals surface area contributed by atoms with Gasteiger partial charge in [-0.3, -0.25) is 0 Å². The highest BCUT2D eigenvalue weighted by Gasteiger charge is 2.26. The fourth-order valence-electron chi connectivity index (χ4n) is 1.98. The van der Waals surface area contributed by atoms with Crippen molar-refractivity contribution >= 4 is 0 Å². The van der Waals surface area contributed by atoms with Gasteiger partial charge >= 0.3 is 0 Å². The van der Waals surface area contributed by atoms with Crippen molar-refractivity contribution in [2.45, 2.75) is 38.4 Å². The molecule has 1 aromatic carbocycles. The van der Waals surface area contributed by atoms with Crippen LogP contribution < -0.4 is 4.74 Å². The molecule has 2 rings (SSSR count). The van der Waals surface area contributed by atoms with Gasteiger partial charge in [-0.2, -0.15) is 0 Å². The number of halogens is 1. The molecule has 1 atom stereocenters. The number of hydrogen-bond acceptors (Lipinski definition) is 2. The van der Waals surface area contributed by atoms with Gasteiger partial charge in [-0.15, -0.1) is 0 Å². The summed E-state index contributed by atoms with van der Waals surface area (Å²) in [5.41, 5.74) is 1.56. The zero-order valence-electron chi connectivity index (χ0n) is 9.66. The van der Waals surface area contributed by atoms with Gasteiger partial charge in [0.05, 0.1) is 0 Å². The number of hydrogen-bond donors (Lipinski definition) is 1. The van der Waals surface area contributed by atoms with E-state index in [0.29, 0.717) is 5.56 Å². The lowest BCUT2D eigenvalue weighted by molar-refractivity contribution is 0.0842. The molecule has 0 bridgehead atoms. The van der Waals surface area contributed by atoms with Crippen molar-refractivity contribution < 1.29 is 14.2 Å². The molecule has 2 nitrogen and oxygen atoms in total. The van der Waals surface area contributed by atoms with Gasteiger partial charge in [0.25, 0.3) is 0 Å². The van der Waals surface area contributed by atoms with E-state index in [1.54, 1.807) is 6.07 Å². The second-order valence-electron chi connectivity index (χ2n) is 4.90. The van der Waals surface area contributed by atoms with Crippen LogP contribution >= 0.6 is 0 Å². The molecule has 0 saturated carbocycles. The first-order chi connectivity index (χ1) is 7.52. The molecule has 3 heteroatoms. The van der Waals surface area contributed by atoms with E-state index < -0.39 is 12.8 Å². The number of benzene rings is 1. The van der Waals surface area contributed by atoms with Crippen LogP contribution in [-0.4, -0.2) is 17.4 Å². The summed E-state index contributed by atoms with van der Waals surface area (Å²) in [5, 5.41) is 9.42. The Hall–Kier alpha value is -1.09. The molecule has 1 unspecified atom stereocenters. The summed E-state index contributed by atoms with van der Waals surface area (Å²) >= 11 is 0. The van der Waals surface area contributed by atoms with Gasteiger partial charge in [0.15, 0.2) is 0 Å². The third-order valence-corrected chi connectivity index (χ3v) is 3.00. The van der Waals surface area contributed by atoms with Crippen LogP contribution in [0.15, 0.2) is 18.2 Å². The summed E-state index contributed by atoms with van der Waals surface area (Å²) in [6, 6.07) is 5.39. The van der Waals surface area contributed by atoms with Crippen LogP contribution in [0, 0.1) is 0 Å². The van der Waals surface area contributed by atoms with Gasteiger partial charge in [0.2, 0.25) is 0 Å². The standard InChI is InChI=1S/C13H17FO2/c1-13(2)6-5-10-7-9(11(15)8-14)3-4-12(10)16-13/h3-4,7,11,15H,5-6,8H2,1-2H3. The van der Waals surface area contributed by atoms with Crippen LogP contribution in [0.3, 0.4) is 0 Å². The first-order valence-corrected chi connectivity index (χ1v) is 5.58. The Balaban J connectivity index is 2.28. The quantitative estimate of drug-likeness (QED) is 0.837. The summed E-state index contributed by atoms with van der Waals surface area (Å²) in [6.07, 6.45) is 0.838. The van der Waals surface area contributed by atoms with Crippen molar-refractivity contribution in [3.8, 4) is 5.75 Å². The van der Waals surface area contributed by atoms with Crippen molar-refractivity contribution in [2.75, 3.05) is 6.67 Å². The minimum atomic E-state index is -1.01. The number of aliphatic hydroxyl groups is 1. The topological polar surface area (TPSA) is 29.5 Å². The summed E-state index contributed by atoms with van der Waals surface area (Å²) in [5.74, 6) is 0.853. The molecule has 0 fully saturated rings. The van der Waals surface area contributed by atoms with E-state index in [1.807, 2.05) is 12.1 Å². The predicted octanol–water partition coefficient (Wildman–Crippen LogP) is 2.79. The molecule has 16 heavy (non-hydrogen) atoms. The highest BCUT2D eigenvalue weighted by Crippen LogP contribution is 2.34. The fraction of sp³-hybridized carbons (Fsp3) is 0.538. The minimum Gasteiger partial charge on any atom is -0.488 e. The lowest BCUT2D eigenvalue weighted by Gasteiger charge is -2.32. The third kappa shape index (κ3) is 2.19. The lowest BCUT2D eigenvalue weighted by atomic mass is 9.93. The highest BCUT2D eigenvalue weighted by molar-refractivity contribution is 5.40. The molecule has 0 aromatic heterocycles. The summed E-state index contributed by atoms with van der Waals surface area (Å²) in [7, 11) is 0. The normalized spacial score (nSPS) is 19.8. The van der Waals surface area contributed by atoms with E-state index >= 15 is 0 Å². The van der Waals surface area contributed by atoms with Crippen LogP contribution in [0.5, 0.6) is 5.75 Å². The molecule has 1 N–H and O–H groups in total. The first kappa shape index (κ1) is 11.4. The number of rotatable bonds is 2. The van der Waals surface area contributed by atoms with Crippen LogP contribution in [0.1, 0.15) is 37.5 Å². The summed E-state index contributed by atoms with van der Waals surface area (Å²) in [6.45, 7) is 3.37. The maximum absolute atomic E-state index is 12.3. The fourth-order valence-corrected chi connectivity index (χ4v) is 1.98. The first-order valence-electron chi connectivity index (χ1n) is 5.58. The van der Waals surface area contributed by atoms with Crippen LogP contribution in [0.2, 0.25) is 0 Å².